The van der Waals surface area contributed by atoms with Crippen LogP contribution in [0, 0.1) is 5.82 Å². The molecule has 8 heteroatoms. The van der Waals surface area contributed by atoms with Crippen molar-refractivity contribution in [1.82, 2.24) is 25.2 Å². The predicted octanol–water partition coefficient (Wildman–Crippen LogP) is 2.43. The molecule has 1 unspecified atom stereocenters. The van der Waals surface area contributed by atoms with Crippen LogP contribution in [0.5, 0.6) is 0 Å². The maximum Gasteiger partial charge on any atom is 0.146 e. The van der Waals surface area contributed by atoms with Gasteiger partial charge in [-0.1, -0.05) is 0 Å². The summed E-state index contributed by atoms with van der Waals surface area (Å²) in [5.41, 5.74) is 2.84. The zero-order valence-corrected chi connectivity index (χ0v) is 11.4. The summed E-state index contributed by atoms with van der Waals surface area (Å²) >= 11 is 1.52. The summed E-state index contributed by atoms with van der Waals surface area (Å²) in [5.74, 6) is -0.321. The smallest absolute Gasteiger partial charge is 0.146 e. The average Bonchev–Trinajstić information content (AvgIpc) is 3.14. The molecule has 0 spiro atoms. The normalized spacial score (nSPS) is 12.3. The highest BCUT2D eigenvalue weighted by Crippen LogP contribution is 2.25. The largest absolute Gasteiger partial charge is 0.375 e. The molecule has 1 atom stereocenters. The fourth-order valence-corrected chi connectivity index (χ4v) is 2.42. The van der Waals surface area contributed by atoms with E-state index in [1.807, 2.05) is 6.92 Å². The Labute approximate surface area is 118 Å². The Morgan fingerprint density at radius 1 is 1.40 bits per heavy atom. The van der Waals surface area contributed by atoms with Gasteiger partial charge in [0.15, 0.2) is 0 Å². The van der Waals surface area contributed by atoms with E-state index in [9.17, 15) is 4.39 Å². The van der Waals surface area contributed by atoms with Gasteiger partial charge in [-0.3, -0.25) is 4.98 Å². The van der Waals surface area contributed by atoms with Crippen LogP contribution in [0.25, 0.3) is 5.69 Å². The van der Waals surface area contributed by atoms with Gasteiger partial charge in [0, 0.05) is 11.1 Å². The van der Waals surface area contributed by atoms with E-state index < -0.39 is 0 Å². The maximum atomic E-state index is 13.9. The summed E-state index contributed by atoms with van der Waals surface area (Å²) in [7, 11) is 0. The summed E-state index contributed by atoms with van der Waals surface area (Å²) in [4.78, 5) is 5.06. The topological polar surface area (TPSA) is 68.5 Å². The van der Waals surface area contributed by atoms with Gasteiger partial charge in [-0.25, -0.2) is 9.07 Å². The average molecular weight is 290 g/mol. The molecule has 0 bridgehead atoms. The van der Waals surface area contributed by atoms with Crippen LogP contribution in [0.1, 0.15) is 17.8 Å². The highest BCUT2D eigenvalue weighted by Gasteiger charge is 2.11. The molecule has 3 rings (SSSR count). The minimum absolute atomic E-state index is 0.0267. The number of tetrazole rings is 1. The molecular formula is C12H11FN6S. The van der Waals surface area contributed by atoms with Crippen molar-refractivity contribution in [2.75, 3.05) is 5.32 Å². The van der Waals surface area contributed by atoms with Crippen LogP contribution in [-0.4, -0.2) is 25.2 Å². The van der Waals surface area contributed by atoms with Crippen LogP contribution in [0.3, 0.4) is 0 Å². The number of nitrogens with zero attached hydrogens (tertiary/aromatic N) is 5. The Hall–Kier alpha value is -2.35. The first-order chi connectivity index (χ1) is 9.74. The quantitative estimate of drug-likeness (QED) is 0.799. The van der Waals surface area contributed by atoms with E-state index in [1.165, 1.54) is 28.4 Å². The molecule has 0 aliphatic rings. The van der Waals surface area contributed by atoms with Crippen molar-refractivity contribution >= 4 is 17.0 Å². The molecule has 0 saturated carbocycles. The highest BCUT2D eigenvalue weighted by molar-refractivity contribution is 7.09. The van der Waals surface area contributed by atoms with Crippen molar-refractivity contribution in [2.45, 2.75) is 13.0 Å². The van der Waals surface area contributed by atoms with Gasteiger partial charge in [-0.05, 0) is 35.5 Å². The van der Waals surface area contributed by atoms with Crippen molar-refractivity contribution in [2.24, 2.45) is 0 Å². The van der Waals surface area contributed by atoms with Crippen molar-refractivity contribution in [3.8, 4) is 5.69 Å². The Kier molecular flexibility index (Phi) is 3.38. The molecule has 3 aromatic rings. The van der Waals surface area contributed by atoms with Crippen molar-refractivity contribution < 1.29 is 4.39 Å². The minimum atomic E-state index is -0.321. The number of aromatic nitrogens is 5. The van der Waals surface area contributed by atoms with Crippen molar-refractivity contribution in [1.29, 1.82) is 0 Å². The third kappa shape index (κ3) is 2.50. The molecule has 6 nitrogen and oxygen atoms in total. The van der Waals surface area contributed by atoms with Crippen LogP contribution in [0.2, 0.25) is 0 Å². The summed E-state index contributed by atoms with van der Waals surface area (Å²) < 4.78 is 15.4. The Morgan fingerprint density at radius 3 is 3.00 bits per heavy atom. The molecular weight excluding hydrogens is 279 g/mol. The predicted molar refractivity (Wildman–Crippen MR) is 73.3 cm³/mol. The highest BCUT2D eigenvalue weighted by atomic mass is 32.1. The molecule has 2 aromatic heterocycles. The molecule has 2 heterocycles. The van der Waals surface area contributed by atoms with E-state index in [1.54, 1.807) is 23.8 Å². The zero-order valence-electron chi connectivity index (χ0n) is 10.6. The summed E-state index contributed by atoms with van der Waals surface area (Å²) in [6, 6.07) is 4.65. The monoisotopic (exact) mass is 290 g/mol. The zero-order chi connectivity index (χ0) is 13.9. The second-order valence-electron chi connectivity index (χ2n) is 4.19. The van der Waals surface area contributed by atoms with Crippen molar-refractivity contribution in [3.63, 3.8) is 0 Å². The molecule has 102 valence electrons. The first-order valence-corrected chi connectivity index (χ1v) is 6.80. The lowest BCUT2D eigenvalue weighted by Gasteiger charge is -2.14. The van der Waals surface area contributed by atoms with Crippen LogP contribution in [-0.2, 0) is 0 Å². The van der Waals surface area contributed by atoms with Gasteiger partial charge in [0.1, 0.15) is 12.1 Å². The SMILES string of the molecule is CC(Nc1cc(-n2cnnn2)ccc1F)c1cncs1. The van der Waals surface area contributed by atoms with E-state index in [-0.39, 0.29) is 11.9 Å². The number of benzene rings is 1. The van der Waals surface area contributed by atoms with Gasteiger partial charge in [0.2, 0.25) is 0 Å². The molecule has 20 heavy (non-hydrogen) atoms. The fourth-order valence-electron chi connectivity index (χ4n) is 1.79. The lowest BCUT2D eigenvalue weighted by atomic mass is 10.2. The lowest BCUT2D eigenvalue weighted by molar-refractivity contribution is 0.626. The Bertz CT molecular complexity index is 682. The minimum Gasteiger partial charge on any atom is -0.375 e. The number of halogens is 1. The molecule has 0 saturated heterocycles. The van der Waals surface area contributed by atoms with Crippen LogP contribution in [0.4, 0.5) is 10.1 Å². The molecule has 0 aliphatic heterocycles. The van der Waals surface area contributed by atoms with E-state index in [2.05, 4.69) is 25.8 Å². The number of anilines is 1. The molecule has 1 aromatic carbocycles. The van der Waals surface area contributed by atoms with E-state index >= 15 is 0 Å². The second-order valence-corrected chi connectivity index (χ2v) is 5.11. The van der Waals surface area contributed by atoms with Gasteiger partial charge >= 0.3 is 0 Å². The number of hydrogen-bond acceptors (Lipinski definition) is 6. The second kappa shape index (κ2) is 5.33. The van der Waals surface area contributed by atoms with Gasteiger partial charge in [-0.2, -0.15) is 0 Å². The molecule has 1 N–H and O–H groups in total. The molecule has 0 fully saturated rings. The van der Waals surface area contributed by atoms with E-state index in [4.69, 9.17) is 0 Å². The first kappa shape index (κ1) is 12.7. The Balaban J connectivity index is 1.87. The molecule has 0 aliphatic carbocycles. The number of hydrogen-bond donors (Lipinski definition) is 1. The van der Waals surface area contributed by atoms with Crippen LogP contribution in [0.15, 0.2) is 36.2 Å². The third-order valence-corrected chi connectivity index (χ3v) is 3.77. The van der Waals surface area contributed by atoms with Gasteiger partial charge < -0.3 is 5.32 Å². The summed E-state index contributed by atoms with van der Waals surface area (Å²) in [5, 5.41) is 14.0. The van der Waals surface area contributed by atoms with Crippen LogP contribution < -0.4 is 5.32 Å². The van der Waals surface area contributed by atoms with Crippen LogP contribution >= 0.6 is 11.3 Å². The number of thiazole rings is 1. The summed E-state index contributed by atoms with van der Waals surface area (Å²) in [6.07, 6.45) is 3.23. The number of rotatable bonds is 4. The van der Waals surface area contributed by atoms with E-state index in [0.717, 1.165) is 4.88 Å². The standard InChI is InChI=1S/C12H11FN6S/c1-8(12-5-14-7-20-12)16-11-4-9(2-3-10(11)13)19-6-15-17-18-19/h2-8,16H,1H3. The van der Waals surface area contributed by atoms with Crippen molar-refractivity contribution in [3.05, 3.63) is 46.9 Å². The van der Waals surface area contributed by atoms with Gasteiger partial charge in [0.05, 0.1) is 22.9 Å². The molecule has 0 amide bonds. The third-order valence-electron chi connectivity index (χ3n) is 2.81. The summed E-state index contributed by atoms with van der Waals surface area (Å²) in [6.45, 7) is 1.96. The molecule has 0 radical (unpaired) electrons. The van der Waals surface area contributed by atoms with Gasteiger partial charge in [-0.15, -0.1) is 16.4 Å². The fraction of sp³-hybridized carbons (Fsp3) is 0.167. The lowest BCUT2D eigenvalue weighted by Crippen LogP contribution is -2.07. The van der Waals surface area contributed by atoms with Gasteiger partial charge in [0.25, 0.3) is 0 Å². The maximum absolute atomic E-state index is 13.9. The Morgan fingerprint density at radius 2 is 2.30 bits per heavy atom. The van der Waals surface area contributed by atoms with E-state index in [0.29, 0.717) is 11.4 Å². The first-order valence-electron chi connectivity index (χ1n) is 5.92. The number of nitrogens with one attached hydrogen (secondary N) is 1.